The van der Waals surface area contributed by atoms with E-state index in [0.717, 1.165) is 10.4 Å². The van der Waals surface area contributed by atoms with Crippen LogP contribution in [0.4, 0.5) is 0 Å². The summed E-state index contributed by atoms with van der Waals surface area (Å²) in [7, 11) is 0. The van der Waals surface area contributed by atoms with E-state index >= 15 is 0 Å². The van der Waals surface area contributed by atoms with E-state index in [9.17, 15) is 4.79 Å². The van der Waals surface area contributed by atoms with E-state index in [4.69, 9.17) is 14.0 Å². The van der Waals surface area contributed by atoms with E-state index in [1.807, 2.05) is 35.7 Å². The van der Waals surface area contributed by atoms with Crippen molar-refractivity contribution in [3.05, 3.63) is 58.6 Å². The molecule has 1 aliphatic rings. The smallest absolute Gasteiger partial charge is 0.259 e. The largest absolute Gasteiger partial charge is 0.454 e. The fraction of sp³-hybridized carbons (Fsp3) is 0.150. The molecule has 4 aromatic rings. The number of nitrogens with zero attached hydrogens (tertiary/aromatic N) is 2. The van der Waals surface area contributed by atoms with Crippen molar-refractivity contribution in [1.82, 2.24) is 15.5 Å². The molecule has 0 spiro atoms. The first-order valence-corrected chi connectivity index (χ1v) is 9.54. The highest BCUT2D eigenvalue weighted by molar-refractivity contribution is 7.13. The lowest BCUT2D eigenvalue weighted by atomic mass is 10.1. The van der Waals surface area contributed by atoms with Crippen LogP contribution in [0.2, 0.25) is 0 Å². The van der Waals surface area contributed by atoms with Crippen molar-refractivity contribution < 1.29 is 18.8 Å². The predicted octanol–water partition coefficient (Wildman–Crippen LogP) is 3.92. The van der Waals surface area contributed by atoms with Crippen LogP contribution in [0.3, 0.4) is 0 Å². The highest BCUT2D eigenvalue weighted by atomic mass is 32.1. The van der Waals surface area contributed by atoms with Gasteiger partial charge in [-0.3, -0.25) is 4.79 Å². The molecule has 1 aromatic carbocycles. The summed E-state index contributed by atoms with van der Waals surface area (Å²) in [6, 6.07) is 11.3. The highest BCUT2D eigenvalue weighted by Crippen LogP contribution is 2.33. The number of fused-ring (bicyclic) bond motifs is 2. The number of aromatic nitrogens is 2. The molecule has 1 N–H and O–H groups in total. The van der Waals surface area contributed by atoms with Crippen LogP contribution < -0.4 is 14.8 Å². The number of benzene rings is 1. The number of carbonyl (C=O) groups excluding carboxylic acids is 1. The fourth-order valence-electron chi connectivity index (χ4n) is 3.15. The Morgan fingerprint density at radius 2 is 2.11 bits per heavy atom. The van der Waals surface area contributed by atoms with Crippen molar-refractivity contribution in [2.75, 3.05) is 6.79 Å². The SMILES string of the molecule is Cc1noc2nc(-c3cccs3)cc(C(=O)NCc3ccc4c(c3)OCO4)c12. The lowest BCUT2D eigenvalue weighted by Gasteiger charge is -2.08. The molecule has 0 saturated carbocycles. The Hall–Kier alpha value is -3.39. The molecule has 0 bridgehead atoms. The number of carbonyl (C=O) groups is 1. The van der Waals surface area contributed by atoms with Gasteiger partial charge in [0, 0.05) is 6.54 Å². The standard InChI is InChI=1S/C20H15N3O4S/c1-11-18-13(8-14(17-3-2-6-28-17)22-20(18)27-23-11)19(24)21-9-12-4-5-15-16(7-12)26-10-25-15/h2-8H,9-10H2,1H3,(H,21,24). The molecule has 3 aromatic heterocycles. The van der Waals surface area contributed by atoms with Crippen LogP contribution in [-0.4, -0.2) is 22.8 Å². The van der Waals surface area contributed by atoms with Crippen LogP contribution in [0.25, 0.3) is 21.7 Å². The van der Waals surface area contributed by atoms with Crippen molar-refractivity contribution in [1.29, 1.82) is 0 Å². The van der Waals surface area contributed by atoms with Gasteiger partial charge in [-0.25, -0.2) is 4.98 Å². The van der Waals surface area contributed by atoms with Gasteiger partial charge in [-0.05, 0) is 42.1 Å². The highest BCUT2D eigenvalue weighted by Gasteiger charge is 2.20. The summed E-state index contributed by atoms with van der Waals surface area (Å²) in [5.41, 5.74) is 3.09. The van der Waals surface area contributed by atoms with Crippen molar-refractivity contribution in [3.63, 3.8) is 0 Å². The van der Waals surface area contributed by atoms with Crippen LogP contribution >= 0.6 is 11.3 Å². The van der Waals surface area contributed by atoms with Crippen molar-refractivity contribution in [2.45, 2.75) is 13.5 Å². The van der Waals surface area contributed by atoms with Gasteiger partial charge >= 0.3 is 0 Å². The summed E-state index contributed by atoms with van der Waals surface area (Å²) in [5, 5.41) is 9.53. The molecule has 5 rings (SSSR count). The normalized spacial score (nSPS) is 12.5. The molecular formula is C20H15N3O4S. The number of thiophene rings is 1. The van der Waals surface area contributed by atoms with Gasteiger partial charge in [0.1, 0.15) is 0 Å². The third-order valence-corrected chi connectivity index (χ3v) is 5.42. The van der Waals surface area contributed by atoms with Gasteiger partial charge in [0.05, 0.1) is 27.2 Å². The Morgan fingerprint density at radius 1 is 1.21 bits per heavy atom. The summed E-state index contributed by atoms with van der Waals surface area (Å²) in [6.07, 6.45) is 0. The maximum Gasteiger partial charge on any atom is 0.259 e. The number of nitrogens with one attached hydrogen (secondary N) is 1. The summed E-state index contributed by atoms with van der Waals surface area (Å²) < 4.78 is 16.0. The molecule has 0 unspecified atom stereocenters. The van der Waals surface area contributed by atoms with Gasteiger partial charge in [-0.1, -0.05) is 17.3 Å². The monoisotopic (exact) mass is 393 g/mol. The van der Waals surface area contributed by atoms with Crippen LogP contribution in [0.5, 0.6) is 11.5 Å². The predicted molar refractivity (Wildman–Crippen MR) is 104 cm³/mol. The first-order valence-electron chi connectivity index (χ1n) is 8.66. The van der Waals surface area contributed by atoms with E-state index in [1.165, 1.54) is 0 Å². The van der Waals surface area contributed by atoms with Gasteiger partial charge < -0.3 is 19.3 Å². The Kier molecular flexibility index (Phi) is 3.98. The van der Waals surface area contributed by atoms with Crippen molar-refractivity contribution in [2.24, 2.45) is 0 Å². The molecule has 0 aliphatic carbocycles. The lowest BCUT2D eigenvalue weighted by molar-refractivity contribution is 0.0952. The second-order valence-electron chi connectivity index (χ2n) is 6.35. The van der Waals surface area contributed by atoms with Crippen LogP contribution in [0.15, 0.2) is 46.3 Å². The molecule has 8 heteroatoms. The van der Waals surface area contributed by atoms with Gasteiger partial charge in [0.25, 0.3) is 11.6 Å². The van der Waals surface area contributed by atoms with Gasteiger partial charge in [0.2, 0.25) is 6.79 Å². The average molecular weight is 393 g/mol. The maximum absolute atomic E-state index is 13.0. The molecule has 1 amide bonds. The minimum absolute atomic E-state index is 0.214. The van der Waals surface area contributed by atoms with E-state index in [0.29, 0.717) is 46.1 Å². The minimum Gasteiger partial charge on any atom is -0.454 e. The molecule has 4 heterocycles. The number of aryl methyl sites for hydroxylation is 1. The Labute approximate surface area is 163 Å². The summed E-state index contributed by atoms with van der Waals surface area (Å²) >= 11 is 1.55. The number of hydrogen-bond donors (Lipinski definition) is 1. The zero-order valence-corrected chi connectivity index (χ0v) is 15.7. The van der Waals surface area contributed by atoms with Crippen LogP contribution in [-0.2, 0) is 6.54 Å². The molecule has 0 fully saturated rings. The Balaban J connectivity index is 1.46. The maximum atomic E-state index is 13.0. The topological polar surface area (TPSA) is 86.5 Å². The number of amides is 1. The molecule has 28 heavy (non-hydrogen) atoms. The number of ether oxygens (including phenoxy) is 2. The van der Waals surface area contributed by atoms with Crippen LogP contribution in [0.1, 0.15) is 21.6 Å². The molecule has 140 valence electrons. The third-order valence-electron chi connectivity index (χ3n) is 4.53. The number of rotatable bonds is 4. The molecule has 0 atom stereocenters. The first-order chi connectivity index (χ1) is 13.7. The van der Waals surface area contributed by atoms with Gasteiger partial charge in [0.15, 0.2) is 11.5 Å². The fourth-order valence-corrected chi connectivity index (χ4v) is 3.84. The van der Waals surface area contributed by atoms with E-state index < -0.39 is 0 Å². The average Bonchev–Trinajstić information content (AvgIpc) is 3.46. The number of pyridine rings is 1. The second-order valence-corrected chi connectivity index (χ2v) is 7.30. The Bertz CT molecular complexity index is 1180. The van der Waals surface area contributed by atoms with E-state index in [-0.39, 0.29) is 12.7 Å². The van der Waals surface area contributed by atoms with E-state index in [1.54, 1.807) is 24.3 Å². The zero-order chi connectivity index (χ0) is 19.1. The zero-order valence-electron chi connectivity index (χ0n) is 14.9. The molecule has 0 radical (unpaired) electrons. The van der Waals surface area contributed by atoms with Crippen LogP contribution in [0, 0.1) is 6.92 Å². The first kappa shape index (κ1) is 16.8. The molecule has 7 nitrogen and oxygen atoms in total. The van der Waals surface area contributed by atoms with E-state index in [2.05, 4.69) is 15.5 Å². The van der Waals surface area contributed by atoms with Gasteiger partial charge in [-0.2, -0.15) is 0 Å². The third kappa shape index (κ3) is 2.87. The second kappa shape index (κ2) is 6.65. The number of hydrogen-bond acceptors (Lipinski definition) is 7. The molecule has 1 aliphatic heterocycles. The molecular weight excluding hydrogens is 378 g/mol. The minimum atomic E-state index is -0.214. The Morgan fingerprint density at radius 3 is 2.96 bits per heavy atom. The van der Waals surface area contributed by atoms with Gasteiger partial charge in [-0.15, -0.1) is 11.3 Å². The van der Waals surface area contributed by atoms with Crippen molar-refractivity contribution in [3.8, 4) is 22.1 Å². The summed E-state index contributed by atoms with van der Waals surface area (Å²) in [5.74, 6) is 1.19. The quantitative estimate of drug-likeness (QED) is 0.566. The van der Waals surface area contributed by atoms with Crippen molar-refractivity contribution >= 4 is 28.3 Å². The lowest BCUT2D eigenvalue weighted by Crippen LogP contribution is -2.23. The summed E-state index contributed by atoms with van der Waals surface area (Å²) in [4.78, 5) is 18.4. The summed E-state index contributed by atoms with van der Waals surface area (Å²) in [6.45, 7) is 2.38. The molecule has 0 saturated heterocycles.